The Morgan fingerprint density at radius 1 is 1.15 bits per heavy atom. The van der Waals surface area contributed by atoms with E-state index in [-0.39, 0.29) is 11.3 Å². The fourth-order valence-corrected chi connectivity index (χ4v) is 5.66. The van der Waals surface area contributed by atoms with Gasteiger partial charge in [-0.1, -0.05) is 6.92 Å². The van der Waals surface area contributed by atoms with Crippen molar-refractivity contribution < 1.29 is 4.79 Å². The van der Waals surface area contributed by atoms with E-state index in [2.05, 4.69) is 12.2 Å². The van der Waals surface area contributed by atoms with Crippen molar-refractivity contribution in [2.75, 3.05) is 6.54 Å². The number of nitrogens with two attached hydrogens (primary N) is 1. The molecule has 0 aliphatic heterocycles. The van der Waals surface area contributed by atoms with Gasteiger partial charge < -0.3 is 11.1 Å². The summed E-state index contributed by atoms with van der Waals surface area (Å²) in [6.07, 6.45) is 8.58. The van der Waals surface area contributed by atoms with Gasteiger partial charge in [-0.15, -0.1) is 0 Å². The molecule has 0 heterocycles. The molecule has 0 aromatic heterocycles. The number of carbonyl (C=O) groups excluding carboxylic acids is 1. The van der Waals surface area contributed by atoms with Crippen molar-refractivity contribution in [2.45, 2.75) is 57.9 Å². The lowest BCUT2D eigenvalue weighted by Crippen LogP contribution is -2.49. The Morgan fingerprint density at radius 2 is 1.75 bits per heavy atom. The summed E-state index contributed by atoms with van der Waals surface area (Å²) in [5, 5.41) is 3.41. The summed E-state index contributed by atoms with van der Waals surface area (Å²) in [7, 11) is 0. The highest BCUT2D eigenvalue weighted by atomic mass is 16.2. The van der Waals surface area contributed by atoms with Crippen LogP contribution >= 0.6 is 0 Å². The Morgan fingerprint density at radius 3 is 2.30 bits per heavy atom. The topological polar surface area (TPSA) is 55.1 Å². The van der Waals surface area contributed by atoms with Crippen molar-refractivity contribution in [3.05, 3.63) is 0 Å². The Balaban J connectivity index is 1.40. The van der Waals surface area contributed by atoms with E-state index in [1.807, 2.05) is 0 Å². The normalized spacial score (nSPS) is 52.7. The van der Waals surface area contributed by atoms with Crippen molar-refractivity contribution in [2.24, 2.45) is 40.7 Å². The summed E-state index contributed by atoms with van der Waals surface area (Å²) >= 11 is 0. The van der Waals surface area contributed by atoms with Gasteiger partial charge in [0.15, 0.2) is 0 Å². The second kappa shape index (κ2) is 4.46. The standard InChI is InChI=1S/C17H28N2O/c1-10-4-6-17(9-18,7-5-10)16(20)19-15-13-11-2-3-12(8-11)14(13)15/h10-15H,2-9,18H2,1H3,(H,19,20). The third kappa shape index (κ3) is 1.78. The third-order valence-corrected chi connectivity index (χ3v) is 7.14. The number of hydrogen-bond acceptors (Lipinski definition) is 2. The van der Waals surface area contributed by atoms with Crippen LogP contribution in [0.25, 0.3) is 0 Å². The van der Waals surface area contributed by atoms with Crippen molar-refractivity contribution >= 4 is 5.91 Å². The van der Waals surface area contributed by atoms with Gasteiger partial charge in [0.2, 0.25) is 5.91 Å². The van der Waals surface area contributed by atoms with Gasteiger partial charge >= 0.3 is 0 Å². The highest BCUT2D eigenvalue weighted by Crippen LogP contribution is 2.65. The van der Waals surface area contributed by atoms with Gasteiger partial charge in [0.25, 0.3) is 0 Å². The predicted octanol–water partition coefficient (Wildman–Crippen LogP) is 2.30. The van der Waals surface area contributed by atoms with Gasteiger partial charge in [-0.05, 0) is 74.5 Å². The number of rotatable bonds is 3. The fraction of sp³-hybridized carbons (Fsp3) is 0.941. The monoisotopic (exact) mass is 276 g/mol. The van der Waals surface area contributed by atoms with Crippen LogP contribution in [0, 0.1) is 35.0 Å². The minimum absolute atomic E-state index is 0.248. The van der Waals surface area contributed by atoms with Crippen LogP contribution in [0.5, 0.6) is 0 Å². The van der Waals surface area contributed by atoms with Crippen molar-refractivity contribution in [1.29, 1.82) is 0 Å². The lowest BCUT2D eigenvalue weighted by molar-refractivity contribution is -0.133. The first-order valence-electron chi connectivity index (χ1n) is 8.66. The van der Waals surface area contributed by atoms with Gasteiger partial charge in [-0.3, -0.25) is 4.79 Å². The molecule has 4 aliphatic carbocycles. The van der Waals surface area contributed by atoms with E-state index in [1.165, 1.54) is 19.3 Å². The molecule has 4 aliphatic rings. The Kier molecular flexibility index (Phi) is 2.93. The third-order valence-electron chi connectivity index (χ3n) is 7.14. The molecule has 0 aromatic rings. The Labute approximate surface area is 122 Å². The maximum absolute atomic E-state index is 12.8. The van der Waals surface area contributed by atoms with Crippen LogP contribution in [0.3, 0.4) is 0 Å². The Hall–Kier alpha value is -0.570. The molecule has 4 saturated carbocycles. The van der Waals surface area contributed by atoms with Crippen LogP contribution in [-0.4, -0.2) is 18.5 Å². The summed E-state index contributed by atoms with van der Waals surface area (Å²) in [5.74, 6) is 4.56. The lowest BCUT2D eigenvalue weighted by Gasteiger charge is -2.37. The minimum atomic E-state index is -0.248. The molecule has 4 atom stereocenters. The van der Waals surface area contributed by atoms with Gasteiger partial charge in [-0.2, -0.15) is 0 Å². The maximum Gasteiger partial charge on any atom is 0.227 e. The summed E-state index contributed by atoms with van der Waals surface area (Å²) in [6.45, 7) is 2.82. The van der Waals surface area contributed by atoms with Gasteiger partial charge in [0.05, 0.1) is 5.41 Å². The lowest BCUT2D eigenvalue weighted by atomic mass is 9.70. The van der Waals surface area contributed by atoms with E-state index in [1.54, 1.807) is 0 Å². The average Bonchev–Trinajstić information content (AvgIpc) is 2.85. The summed E-state index contributed by atoms with van der Waals surface area (Å²) in [6, 6.07) is 0.511. The molecule has 0 aromatic carbocycles. The zero-order valence-electron chi connectivity index (χ0n) is 12.6. The number of fused-ring (bicyclic) bond motifs is 5. The molecule has 0 radical (unpaired) electrons. The zero-order valence-corrected chi connectivity index (χ0v) is 12.6. The van der Waals surface area contributed by atoms with Crippen molar-refractivity contribution in [3.63, 3.8) is 0 Å². The molecule has 3 nitrogen and oxygen atoms in total. The van der Waals surface area contributed by atoms with E-state index in [0.717, 1.165) is 55.3 Å². The van der Waals surface area contributed by atoms with E-state index >= 15 is 0 Å². The van der Waals surface area contributed by atoms with Crippen LogP contribution in [-0.2, 0) is 4.79 Å². The van der Waals surface area contributed by atoms with E-state index in [9.17, 15) is 4.79 Å². The summed E-state index contributed by atoms with van der Waals surface area (Å²) in [5.41, 5.74) is 5.76. The predicted molar refractivity (Wildman–Crippen MR) is 78.9 cm³/mol. The molecule has 4 fully saturated rings. The summed E-state index contributed by atoms with van der Waals surface area (Å²) in [4.78, 5) is 12.8. The van der Waals surface area contributed by atoms with Crippen LogP contribution in [0.2, 0.25) is 0 Å². The number of nitrogens with one attached hydrogen (secondary N) is 1. The minimum Gasteiger partial charge on any atom is -0.352 e. The highest BCUT2D eigenvalue weighted by Gasteiger charge is 2.65. The molecule has 112 valence electrons. The number of carbonyl (C=O) groups is 1. The molecule has 20 heavy (non-hydrogen) atoms. The average molecular weight is 276 g/mol. The molecule has 0 spiro atoms. The number of amides is 1. The molecule has 4 rings (SSSR count). The highest BCUT2D eigenvalue weighted by molar-refractivity contribution is 5.83. The van der Waals surface area contributed by atoms with Crippen LogP contribution in [0.4, 0.5) is 0 Å². The van der Waals surface area contributed by atoms with Crippen LogP contribution < -0.4 is 11.1 Å². The van der Waals surface area contributed by atoms with E-state index < -0.39 is 0 Å². The molecular weight excluding hydrogens is 248 g/mol. The molecule has 3 heteroatoms. The SMILES string of the molecule is CC1CCC(CN)(C(=O)NC2C3C4CCC(C4)C23)CC1. The largest absolute Gasteiger partial charge is 0.352 e. The quantitative estimate of drug-likeness (QED) is 0.831. The smallest absolute Gasteiger partial charge is 0.227 e. The van der Waals surface area contributed by atoms with E-state index in [4.69, 9.17) is 5.73 Å². The second-order valence-corrected chi connectivity index (χ2v) is 8.15. The molecule has 4 unspecified atom stereocenters. The molecular formula is C17H28N2O. The summed E-state index contributed by atoms with van der Waals surface area (Å²) < 4.78 is 0. The first kappa shape index (κ1) is 13.1. The first-order chi connectivity index (χ1) is 9.64. The van der Waals surface area contributed by atoms with Gasteiger partial charge in [-0.25, -0.2) is 0 Å². The van der Waals surface area contributed by atoms with Crippen molar-refractivity contribution in [1.82, 2.24) is 5.32 Å². The van der Waals surface area contributed by atoms with Gasteiger partial charge in [0, 0.05) is 12.6 Å². The van der Waals surface area contributed by atoms with Crippen LogP contribution in [0.15, 0.2) is 0 Å². The van der Waals surface area contributed by atoms with Crippen molar-refractivity contribution in [3.8, 4) is 0 Å². The van der Waals surface area contributed by atoms with Gasteiger partial charge in [0.1, 0.15) is 0 Å². The number of hydrogen-bond donors (Lipinski definition) is 2. The molecule has 1 amide bonds. The fourth-order valence-electron chi connectivity index (χ4n) is 5.66. The maximum atomic E-state index is 12.8. The van der Waals surface area contributed by atoms with E-state index in [0.29, 0.717) is 12.6 Å². The second-order valence-electron chi connectivity index (χ2n) is 8.15. The molecule has 0 saturated heterocycles. The Bertz CT molecular complexity index is 397. The van der Waals surface area contributed by atoms with Crippen LogP contribution in [0.1, 0.15) is 51.9 Å². The molecule has 2 bridgehead atoms. The zero-order chi connectivity index (χ0) is 13.9. The molecule has 3 N–H and O–H groups in total. The first-order valence-corrected chi connectivity index (χ1v) is 8.66.